The Bertz CT molecular complexity index is 1410. The SMILES string of the molecule is CN=C1NC(=O)C(OC)(c2snc3ccc(-n4c(=O)cc(C(F)(F)F)n(C)c4=O)cc23)N1. The summed E-state index contributed by atoms with van der Waals surface area (Å²) in [6.45, 7) is 0. The number of nitrogens with zero attached hydrogens (tertiary/aromatic N) is 4. The highest BCUT2D eigenvalue weighted by molar-refractivity contribution is 7.07. The molecular weight excluding hydrogens is 453 g/mol. The van der Waals surface area contributed by atoms with Crippen molar-refractivity contribution in [2.45, 2.75) is 11.9 Å². The smallest absolute Gasteiger partial charge is 0.346 e. The molecule has 4 rings (SSSR count). The Kier molecular flexibility index (Phi) is 4.93. The third kappa shape index (κ3) is 3.10. The summed E-state index contributed by atoms with van der Waals surface area (Å²) in [4.78, 5) is 41.9. The molecule has 0 bridgehead atoms. The summed E-state index contributed by atoms with van der Waals surface area (Å²) in [6.07, 6.45) is -4.87. The van der Waals surface area contributed by atoms with Crippen molar-refractivity contribution in [1.29, 1.82) is 0 Å². The molecule has 1 aromatic carbocycles. The number of amides is 1. The summed E-state index contributed by atoms with van der Waals surface area (Å²) in [7, 11) is 3.69. The molecule has 14 heteroatoms. The molecule has 0 spiro atoms. The quantitative estimate of drug-likeness (QED) is 0.583. The molecule has 0 radical (unpaired) electrons. The molecule has 3 aromatic rings. The molecule has 1 fully saturated rings. The Labute approximate surface area is 181 Å². The second kappa shape index (κ2) is 7.27. The first kappa shape index (κ1) is 21.7. The fraction of sp³-hybridized carbons (Fsp3) is 0.278. The number of ether oxygens (including phenoxy) is 1. The lowest BCUT2D eigenvalue weighted by molar-refractivity contribution is -0.144. The maximum Gasteiger partial charge on any atom is 0.431 e. The van der Waals surface area contributed by atoms with Crippen LogP contribution in [0.3, 0.4) is 0 Å². The average molecular weight is 468 g/mol. The number of fused-ring (bicyclic) bond motifs is 1. The topological polar surface area (TPSA) is 120 Å². The predicted molar refractivity (Wildman–Crippen MR) is 109 cm³/mol. The van der Waals surface area contributed by atoms with E-state index in [1.807, 2.05) is 0 Å². The zero-order valence-electron chi connectivity index (χ0n) is 16.8. The number of carbonyl (C=O) groups excluding carboxylic acids is 1. The lowest BCUT2D eigenvalue weighted by Crippen LogP contribution is -2.45. The van der Waals surface area contributed by atoms with Crippen LogP contribution in [0.2, 0.25) is 0 Å². The van der Waals surface area contributed by atoms with E-state index in [2.05, 4.69) is 20.0 Å². The molecule has 0 saturated carbocycles. The number of benzene rings is 1. The Hall–Kier alpha value is -3.52. The zero-order valence-corrected chi connectivity index (χ0v) is 17.6. The van der Waals surface area contributed by atoms with E-state index in [4.69, 9.17) is 4.74 Å². The van der Waals surface area contributed by atoms with Crippen molar-refractivity contribution < 1.29 is 22.7 Å². The van der Waals surface area contributed by atoms with Crippen molar-refractivity contribution in [1.82, 2.24) is 24.1 Å². The van der Waals surface area contributed by atoms with Crippen molar-refractivity contribution >= 4 is 34.3 Å². The molecular formula is C18H15F3N6O4S. The third-order valence-corrected chi connectivity index (χ3v) is 6.00. The first-order valence-electron chi connectivity index (χ1n) is 8.95. The molecule has 3 heterocycles. The van der Waals surface area contributed by atoms with E-state index in [0.29, 0.717) is 31.0 Å². The van der Waals surface area contributed by atoms with Crippen molar-refractivity contribution in [3.05, 3.63) is 55.7 Å². The van der Waals surface area contributed by atoms with Gasteiger partial charge in [0.15, 0.2) is 0 Å². The number of aliphatic imine (C=N–C) groups is 1. The highest BCUT2D eigenvalue weighted by Gasteiger charge is 2.50. The number of methoxy groups -OCH3 is 1. The van der Waals surface area contributed by atoms with Gasteiger partial charge in [-0.25, -0.2) is 9.36 Å². The molecule has 1 amide bonds. The Balaban J connectivity index is 1.94. The summed E-state index contributed by atoms with van der Waals surface area (Å²) >= 11 is 0.948. The second-order valence-electron chi connectivity index (χ2n) is 6.79. The summed E-state index contributed by atoms with van der Waals surface area (Å²) in [5.41, 5.74) is -4.91. The van der Waals surface area contributed by atoms with E-state index in [0.717, 1.165) is 18.6 Å². The van der Waals surface area contributed by atoms with Gasteiger partial charge in [0.25, 0.3) is 17.2 Å². The van der Waals surface area contributed by atoms with E-state index in [9.17, 15) is 27.6 Å². The fourth-order valence-corrected chi connectivity index (χ4v) is 4.38. The molecule has 1 aliphatic rings. The maximum absolute atomic E-state index is 13.1. The number of carbonyl (C=O) groups is 1. The first-order valence-corrected chi connectivity index (χ1v) is 9.73. The van der Waals surface area contributed by atoms with Crippen LogP contribution in [0.4, 0.5) is 13.2 Å². The van der Waals surface area contributed by atoms with E-state index in [-0.39, 0.29) is 11.6 Å². The summed E-state index contributed by atoms with van der Waals surface area (Å²) in [5.74, 6) is -0.387. The lowest BCUT2D eigenvalue weighted by Gasteiger charge is -2.23. The van der Waals surface area contributed by atoms with E-state index in [1.54, 1.807) is 0 Å². The van der Waals surface area contributed by atoms with Crippen LogP contribution in [-0.4, -0.2) is 39.5 Å². The summed E-state index contributed by atoms with van der Waals surface area (Å²) in [6, 6.07) is 4.60. The van der Waals surface area contributed by atoms with Gasteiger partial charge in [-0.15, -0.1) is 0 Å². The van der Waals surface area contributed by atoms with Gasteiger partial charge in [-0.1, -0.05) is 0 Å². The number of alkyl halides is 3. The van der Waals surface area contributed by atoms with Crippen LogP contribution in [0, 0.1) is 0 Å². The van der Waals surface area contributed by atoms with Crippen molar-refractivity contribution in [3.8, 4) is 5.69 Å². The van der Waals surface area contributed by atoms with Gasteiger partial charge in [0.2, 0.25) is 5.96 Å². The summed E-state index contributed by atoms with van der Waals surface area (Å²) in [5, 5.41) is 5.74. The summed E-state index contributed by atoms with van der Waals surface area (Å²) < 4.78 is 50.1. The van der Waals surface area contributed by atoms with Crippen LogP contribution in [0.5, 0.6) is 0 Å². The number of rotatable bonds is 3. The molecule has 2 N–H and O–H groups in total. The molecule has 1 saturated heterocycles. The molecule has 2 aromatic heterocycles. The monoisotopic (exact) mass is 468 g/mol. The van der Waals surface area contributed by atoms with Crippen LogP contribution in [0.1, 0.15) is 10.6 Å². The molecule has 1 aliphatic heterocycles. The highest BCUT2D eigenvalue weighted by Crippen LogP contribution is 2.36. The lowest BCUT2D eigenvalue weighted by atomic mass is 10.1. The van der Waals surface area contributed by atoms with Gasteiger partial charge in [0.1, 0.15) is 5.69 Å². The first-order chi connectivity index (χ1) is 15.0. The van der Waals surface area contributed by atoms with Gasteiger partial charge in [-0.2, -0.15) is 17.5 Å². The predicted octanol–water partition coefficient (Wildman–Crippen LogP) is 0.669. The van der Waals surface area contributed by atoms with E-state index >= 15 is 0 Å². The Morgan fingerprint density at radius 3 is 2.53 bits per heavy atom. The van der Waals surface area contributed by atoms with Crippen molar-refractivity contribution in [3.63, 3.8) is 0 Å². The molecule has 1 atom stereocenters. The Morgan fingerprint density at radius 2 is 1.94 bits per heavy atom. The van der Waals surface area contributed by atoms with Crippen molar-refractivity contribution in [2.24, 2.45) is 12.0 Å². The van der Waals surface area contributed by atoms with Crippen LogP contribution in [-0.2, 0) is 28.5 Å². The highest BCUT2D eigenvalue weighted by atomic mass is 32.1. The van der Waals surface area contributed by atoms with Crippen LogP contribution < -0.4 is 21.9 Å². The normalized spacial score (nSPS) is 20.1. The zero-order chi connectivity index (χ0) is 23.4. The molecule has 32 heavy (non-hydrogen) atoms. The van der Waals surface area contributed by atoms with Crippen molar-refractivity contribution in [2.75, 3.05) is 14.2 Å². The number of hydrogen-bond donors (Lipinski definition) is 2. The Morgan fingerprint density at radius 1 is 1.22 bits per heavy atom. The largest absolute Gasteiger partial charge is 0.431 e. The van der Waals surface area contributed by atoms with Gasteiger partial charge in [-0.05, 0) is 29.7 Å². The third-order valence-electron chi connectivity index (χ3n) is 5.02. The van der Waals surface area contributed by atoms with Crippen LogP contribution in [0.25, 0.3) is 16.6 Å². The van der Waals surface area contributed by atoms with Gasteiger partial charge in [0.05, 0.1) is 16.1 Å². The molecule has 168 valence electrons. The minimum absolute atomic E-state index is 0.00677. The number of hydrogen-bond acceptors (Lipinski definition) is 7. The molecule has 10 nitrogen and oxygen atoms in total. The number of halogens is 3. The fourth-order valence-electron chi connectivity index (χ4n) is 3.42. The van der Waals surface area contributed by atoms with Crippen LogP contribution >= 0.6 is 11.5 Å². The van der Waals surface area contributed by atoms with E-state index in [1.165, 1.54) is 32.4 Å². The maximum atomic E-state index is 13.1. The number of nitrogens with one attached hydrogen (secondary N) is 2. The number of aromatic nitrogens is 3. The van der Waals surface area contributed by atoms with Gasteiger partial charge < -0.3 is 10.1 Å². The van der Waals surface area contributed by atoms with Gasteiger partial charge >= 0.3 is 11.9 Å². The van der Waals surface area contributed by atoms with Crippen LogP contribution in [0.15, 0.2) is 38.8 Å². The minimum Gasteiger partial charge on any atom is -0.346 e. The number of guanidine groups is 1. The second-order valence-corrected chi connectivity index (χ2v) is 7.57. The molecule has 1 unspecified atom stereocenters. The van der Waals surface area contributed by atoms with Gasteiger partial charge in [-0.3, -0.25) is 24.5 Å². The van der Waals surface area contributed by atoms with Gasteiger partial charge in [0, 0.05) is 32.7 Å². The average Bonchev–Trinajstić information content (AvgIpc) is 3.30. The minimum atomic E-state index is -4.87. The standard InChI is InChI=1S/C18H15F3N6O4S/c1-22-15-23-14(29)17(24-15,31-3)13-9-6-8(4-5-10(9)25-32-13)27-12(28)7-11(18(19,20)21)26(2)16(27)30/h4-7H,1-3H3,(H2,22,23,24,29). The van der Waals surface area contributed by atoms with E-state index < -0.39 is 34.8 Å². The molecule has 0 aliphatic carbocycles.